The van der Waals surface area contributed by atoms with Crippen molar-refractivity contribution in [1.29, 1.82) is 0 Å². The number of benzene rings is 1. The highest BCUT2D eigenvalue weighted by Crippen LogP contribution is 2.13. The van der Waals surface area contributed by atoms with Gasteiger partial charge in [-0.15, -0.1) is 0 Å². The van der Waals surface area contributed by atoms with Gasteiger partial charge in [-0.1, -0.05) is 12.1 Å². The molecular weight excluding hydrogens is 275 g/mol. The fourth-order valence-electron chi connectivity index (χ4n) is 1.86. The van der Waals surface area contributed by atoms with E-state index in [9.17, 15) is 14.0 Å². The number of hydrogen-bond acceptors (Lipinski definition) is 4. The summed E-state index contributed by atoms with van der Waals surface area (Å²) in [6.07, 6.45) is 1.17. The third-order valence-corrected chi connectivity index (χ3v) is 2.84. The maximum absolute atomic E-state index is 12.7. The van der Waals surface area contributed by atoms with Gasteiger partial charge in [0.25, 0.3) is 5.91 Å². The van der Waals surface area contributed by atoms with Crippen LogP contribution in [-0.2, 0) is 0 Å². The molecule has 1 N–H and O–H groups in total. The number of nitrogens with zero attached hydrogens (tertiary/aromatic N) is 1. The van der Waals surface area contributed by atoms with E-state index in [0.29, 0.717) is 16.7 Å². The van der Waals surface area contributed by atoms with E-state index in [4.69, 9.17) is 4.42 Å². The Morgan fingerprint density at radius 1 is 1.19 bits per heavy atom. The number of anilines is 1. The van der Waals surface area contributed by atoms with Crippen molar-refractivity contribution in [2.45, 2.75) is 0 Å². The molecule has 0 aliphatic rings. The molecule has 5 nitrogen and oxygen atoms in total. The van der Waals surface area contributed by atoms with Crippen molar-refractivity contribution in [3.05, 3.63) is 70.6 Å². The van der Waals surface area contributed by atoms with Crippen LogP contribution in [-0.4, -0.2) is 10.9 Å². The van der Waals surface area contributed by atoms with E-state index < -0.39 is 11.9 Å². The summed E-state index contributed by atoms with van der Waals surface area (Å²) < 4.78 is 18.1. The van der Waals surface area contributed by atoms with Gasteiger partial charge in [0.15, 0.2) is 11.2 Å². The Kier molecular flexibility index (Phi) is 3.19. The molecule has 0 bridgehead atoms. The topological polar surface area (TPSA) is 72.2 Å². The first-order valence-electron chi connectivity index (χ1n) is 6.09. The number of amides is 1. The molecule has 2 heterocycles. The third-order valence-electron chi connectivity index (χ3n) is 2.84. The summed E-state index contributed by atoms with van der Waals surface area (Å²) in [5.41, 5.74) is 0.323. The van der Waals surface area contributed by atoms with Crippen LogP contribution in [0, 0.1) is 5.95 Å². The average Bonchev–Trinajstić information content (AvgIpc) is 2.49. The number of pyridine rings is 1. The van der Waals surface area contributed by atoms with E-state index in [1.54, 1.807) is 24.3 Å². The molecule has 0 radical (unpaired) electrons. The van der Waals surface area contributed by atoms with Crippen LogP contribution in [0.4, 0.5) is 10.1 Å². The Labute approximate surface area is 118 Å². The molecule has 1 amide bonds. The quantitative estimate of drug-likeness (QED) is 0.734. The van der Waals surface area contributed by atoms with Gasteiger partial charge in [-0.3, -0.25) is 9.59 Å². The molecule has 0 saturated carbocycles. The summed E-state index contributed by atoms with van der Waals surface area (Å²) in [6.45, 7) is 0. The Morgan fingerprint density at radius 3 is 2.76 bits per heavy atom. The van der Waals surface area contributed by atoms with Crippen molar-refractivity contribution in [3.8, 4) is 0 Å². The molecule has 0 unspecified atom stereocenters. The lowest BCUT2D eigenvalue weighted by Crippen LogP contribution is -2.15. The summed E-state index contributed by atoms with van der Waals surface area (Å²) in [5.74, 6) is -1.38. The fraction of sp³-hybridized carbons (Fsp3) is 0. The van der Waals surface area contributed by atoms with Crippen molar-refractivity contribution in [2.75, 3.05) is 5.32 Å². The molecule has 104 valence electrons. The van der Waals surface area contributed by atoms with Crippen molar-refractivity contribution in [3.63, 3.8) is 0 Å². The summed E-state index contributed by atoms with van der Waals surface area (Å²) in [6, 6.07) is 10.2. The summed E-state index contributed by atoms with van der Waals surface area (Å²) >= 11 is 0. The summed E-state index contributed by atoms with van der Waals surface area (Å²) in [5, 5.41) is 2.88. The summed E-state index contributed by atoms with van der Waals surface area (Å²) in [4.78, 5) is 27.3. The Bertz CT molecular complexity index is 872. The molecule has 3 rings (SSSR count). The van der Waals surface area contributed by atoms with Crippen molar-refractivity contribution in [1.82, 2.24) is 4.98 Å². The Balaban J connectivity index is 1.94. The van der Waals surface area contributed by atoms with Gasteiger partial charge in [0.2, 0.25) is 5.95 Å². The van der Waals surface area contributed by atoms with E-state index in [-0.39, 0.29) is 11.2 Å². The highest BCUT2D eigenvalue weighted by molar-refractivity contribution is 6.02. The molecular formula is C15H9FN2O3. The monoisotopic (exact) mass is 284 g/mol. The number of rotatable bonds is 2. The molecule has 0 aliphatic heterocycles. The normalized spacial score (nSPS) is 10.5. The maximum Gasteiger partial charge on any atom is 0.291 e. The van der Waals surface area contributed by atoms with Gasteiger partial charge in [-0.05, 0) is 24.3 Å². The molecule has 6 heteroatoms. The first kappa shape index (κ1) is 13.0. The molecule has 0 saturated heterocycles. The van der Waals surface area contributed by atoms with E-state index in [1.165, 1.54) is 12.3 Å². The molecule has 0 aliphatic carbocycles. The van der Waals surface area contributed by atoms with Crippen molar-refractivity contribution in [2.24, 2.45) is 0 Å². The number of nitrogens with one attached hydrogen (secondary N) is 1. The van der Waals surface area contributed by atoms with Gasteiger partial charge in [0, 0.05) is 6.07 Å². The highest BCUT2D eigenvalue weighted by atomic mass is 19.1. The number of fused-ring (bicyclic) bond motifs is 1. The van der Waals surface area contributed by atoms with E-state index in [1.807, 2.05) is 0 Å². The second-order valence-electron chi connectivity index (χ2n) is 4.29. The minimum Gasteiger partial charge on any atom is -0.451 e. The zero-order valence-corrected chi connectivity index (χ0v) is 10.7. The number of para-hydroxylation sites is 1. The van der Waals surface area contributed by atoms with Crippen LogP contribution in [0.25, 0.3) is 11.0 Å². The zero-order valence-electron chi connectivity index (χ0n) is 10.7. The molecule has 3 aromatic rings. The number of aromatic nitrogens is 1. The minimum absolute atomic E-state index is 0.122. The number of carbonyl (C=O) groups excluding carboxylic acids is 1. The van der Waals surface area contributed by atoms with Gasteiger partial charge in [-0.25, -0.2) is 4.98 Å². The fourth-order valence-corrected chi connectivity index (χ4v) is 1.86. The van der Waals surface area contributed by atoms with Gasteiger partial charge in [0.1, 0.15) is 5.58 Å². The Hall–Kier alpha value is -3.02. The number of halogens is 1. The first-order chi connectivity index (χ1) is 10.1. The van der Waals surface area contributed by atoms with E-state index in [0.717, 1.165) is 12.1 Å². The van der Waals surface area contributed by atoms with Crippen LogP contribution in [0.5, 0.6) is 0 Å². The largest absolute Gasteiger partial charge is 0.451 e. The van der Waals surface area contributed by atoms with Gasteiger partial charge in [-0.2, -0.15) is 4.39 Å². The third kappa shape index (κ3) is 2.64. The van der Waals surface area contributed by atoms with E-state index >= 15 is 0 Å². The average molecular weight is 284 g/mol. The SMILES string of the molecule is O=C(Nc1ccc(F)nc1)c1cc(=O)c2ccccc2o1. The standard InChI is InChI=1S/C15H9FN2O3/c16-14-6-5-9(8-17-14)18-15(20)13-7-11(19)10-3-1-2-4-12(10)21-13/h1-8H,(H,18,20). The molecule has 21 heavy (non-hydrogen) atoms. The molecule has 0 atom stereocenters. The van der Waals surface area contributed by atoms with Crippen LogP contribution in [0.15, 0.2) is 57.9 Å². The van der Waals surface area contributed by atoms with Crippen LogP contribution >= 0.6 is 0 Å². The summed E-state index contributed by atoms with van der Waals surface area (Å²) in [7, 11) is 0. The smallest absolute Gasteiger partial charge is 0.291 e. The van der Waals surface area contributed by atoms with Crippen LogP contribution in [0.2, 0.25) is 0 Å². The van der Waals surface area contributed by atoms with Crippen LogP contribution in [0.3, 0.4) is 0 Å². The first-order valence-corrected chi connectivity index (χ1v) is 6.09. The predicted molar refractivity (Wildman–Crippen MR) is 74.6 cm³/mol. The van der Waals surface area contributed by atoms with Gasteiger partial charge < -0.3 is 9.73 Å². The maximum atomic E-state index is 12.7. The second kappa shape index (κ2) is 5.16. The highest BCUT2D eigenvalue weighted by Gasteiger charge is 2.12. The minimum atomic E-state index is -0.648. The van der Waals surface area contributed by atoms with Crippen molar-refractivity contribution < 1.29 is 13.6 Å². The molecule has 2 aromatic heterocycles. The lowest BCUT2D eigenvalue weighted by atomic mass is 10.2. The number of carbonyl (C=O) groups is 1. The lowest BCUT2D eigenvalue weighted by Gasteiger charge is -2.04. The second-order valence-corrected chi connectivity index (χ2v) is 4.29. The van der Waals surface area contributed by atoms with Crippen LogP contribution < -0.4 is 10.7 Å². The molecule has 0 fully saturated rings. The Morgan fingerprint density at radius 2 is 2.00 bits per heavy atom. The molecule has 0 spiro atoms. The zero-order chi connectivity index (χ0) is 14.8. The van der Waals surface area contributed by atoms with E-state index in [2.05, 4.69) is 10.3 Å². The van der Waals surface area contributed by atoms with Gasteiger partial charge in [0.05, 0.1) is 17.3 Å². The number of hydrogen-bond donors (Lipinski definition) is 1. The lowest BCUT2D eigenvalue weighted by molar-refractivity contribution is 0.0997. The molecule has 1 aromatic carbocycles. The van der Waals surface area contributed by atoms with Gasteiger partial charge >= 0.3 is 0 Å². The van der Waals surface area contributed by atoms with Crippen molar-refractivity contribution >= 4 is 22.6 Å². The predicted octanol–water partition coefficient (Wildman–Crippen LogP) is 2.58. The van der Waals surface area contributed by atoms with Crippen LogP contribution in [0.1, 0.15) is 10.6 Å².